The molecule has 118 valence electrons. The van der Waals surface area contributed by atoms with Crippen LogP contribution in [0, 0.1) is 0 Å². The van der Waals surface area contributed by atoms with Crippen LogP contribution >= 0.6 is 0 Å². The van der Waals surface area contributed by atoms with Crippen molar-refractivity contribution < 1.29 is 23.1 Å². The fourth-order valence-corrected chi connectivity index (χ4v) is 3.73. The molecule has 1 aromatic carbocycles. The van der Waals surface area contributed by atoms with Crippen LogP contribution in [0.3, 0.4) is 0 Å². The molecule has 0 bridgehead atoms. The Morgan fingerprint density at radius 2 is 2.00 bits per heavy atom. The van der Waals surface area contributed by atoms with Gasteiger partial charge in [-0.15, -0.1) is 0 Å². The van der Waals surface area contributed by atoms with Gasteiger partial charge in [0, 0.05) is 7.05 Å². The van der Waals surface area contributed by atoms with Gasteiger partial charge in [0.05, 0.1) is 17.8 Å². The molecular formula is C14H16N2O5S. The maximum absolute atomic E-state index is 12.6. The van der Waals surface area contributed by atoms with Gasteiger partial charge in [-0.05, 0) is 24.6 Å². The van der Waals surface area contributed by atoms with Crippen LogP contribution in [0.2, 0.25) is 0 Å². The van der Waals surface area contributed by atoms with Gasteiger partial charge in [-0.1, -0.05) is 19.1 Å². The predicted octanol–water partition coefficient (Wildman–Crippen LogP) is 1.91. The van der Waals surface area contributed by atoms with E-state index in [2.05, 4.69) is 0 Å². The number of sulfonamides is 1. The van der Waals surface area contributed by atoms with Crippen molar-refractivity contribution in [2.75, 3.05) is 18.5 Å². The molecule has 0 radical (unpaired) electrons. The first-order chi connectivity index (χ1) is 10.3. The van der Waals surface area contributed by atoms with Gasteiger partial charge in [0.25, 0.3) is 10.0 Å². The molecule has 22 heavy (non-hydrogen) atoms. The Morgan fingerprint density at radius 1 is 1.32 bits per heavy atom. The Morgan fingerprint density at radius 3 is 2.59 bits per heavy atom. The Kier molecular flexibility index (Phi) is 4.23. The van der Waals surface area contributed by atoms with Crippen LogP contribution in [0.1, 0.15) is 23.7 Å². The highest BCUT2D eigenvalue weighted by Gasteiger charge is 2.39. The van der Waals surface area contributed by atoms with Gasteiger partial charge in [0.15, 0.2) is 0 Å². The summed E-state index contributed by atoms with van der Waals surface area (Å²) in [6.45, 7) is 1.81. The summed E-state index contributed by atoms with van der Waals surface area (Å²) in [6.07, 6.45) is 4.07. The molecule has 1 aromatic rings. The summed E-state index contributed by atoms with van der Waals surface area (Å²) < 4.78 is 25.9. The minimum atomic E-state index is -4.07. The number of allylic oxidation sites excluding steroid dienone is 1. The summed E-state index contributed by atoms with van der Waals surface area (Å²) in [5, 5.41) is 9.01. The second-order valence-electron chi connectivity index (χ2n) is 4.75. The topological polar surface area (TPSA) is 95.0 Å². The number of fused-ring (bicyclic) bond motifs is 1. The van der Waals surface area contributed by atoms with Crippen molar-refractivity contribution in [3.05, 3.63) is 35.9 Å². The fraction of sp³-hybridized carbons (Fsp3) is 0.286. The number of carboxylic acid groups (broad SMARTS) is 1. The molecule has 1 heterocycles. The number of benzene rings is 1. The van der Waals surface area contributed by atoms with E-state index < -0.39 is 22.0 Å². The third kappa shape index (κ3) is 2.57. The summed E-state index contributed by atoms with van der Waals surface area (Å²) in [6, 6.07) is 3.00. The Labute approximate surface area is 128 Å². The molecule has 2 amide bonds. The van der Waals surface area contributed by atoms with Gasteiger partial charge in [-0.2, -0.15) is 0 Å². The van der Waals surface area contributed by atoms with Crippen LogP contribution < -0.4 is 4.90 Å². The van der Waals surface area contributed by atoms with Gasteiger partial charge >= 0.3 is 12.0 Å². The molecule has 2 rings (SSSR count). The van der Waals surface area contributed by atoms with E-state index in [-0.39, 0.29) is 22.7 Å². The molecule has 1 aliphatic rings. The van der Waals surface area contributed by atoms with Crippen LogP contribution in [0.25, 0.3) is 0 Å². The zero-order chi connectivity index (χ0) is 16.5. The third-order valence-corrected chi connectivity index (χ3v) is 5.08. The number of hydrogen-bond donors (Lipinski definition) is 1. The van der Waals surface area contributed by atoms with E-state index >= 15 is 0 Å². The highest BCUT2D eigenvalue weighted by atomic mass is 32.2. The molecule has 0 spiro atoms. The van der Waals surface area contributed by atoms with E-state index in [0.29, 0.717) is 0 Å². The number of carbonyl (C=O) groups is 2. The molecule has 0 aromatic heterocycles. The van der Waals surface area contributed by atoms with Crippen LogP contribution in [-0.4, -0.2) is 43.4 Å². The average molecular weight is 324 g/mol. The zero-order valence-corrected chi connectivity index (χ0v) is 13.0. The lowest BCUT2D eigenvalue weighted by Crippen LogP contribution is -2.49. The molecule has 0 saturated carbocycles. The molecule has 1 aliphatic heterocycles. The number of anilines is 1. The van der Waals surface area contributed by atoms with E-state index in [1.54, 1.807) is 12.2 Å². The molecule has 0 fully saturated rings. The van der Waals surface area contributed by atoms with Crippen molar-refractivity contribution in [1.29, 1.82) is 0 Å². The first-order valence-electron chi connectivity index (χ1n) is 6.63. The minimum absolute atomic E-state index is 0.0872. The molecule has 0 aliphatic carbocycles. The molecule has 8 heteroatoms. The number of amides is 2. The number of aromatic carboxylic acids is 1. The van der Waals surface area contributed by atoms with Crippen molar-refractivity contribution in [1.82, 2.24) is 4.31 Å². The van der Waals surface area contributed by atoms with E-state index in [4.69, 9.17) is 5.11 Å². The van der Waals surface area contributed by atoms with Gasteiger partial charge in [0.1, 0.15) is 4.90 Å². The number of rotatable bonds is 4. The van der Waals surface area contributed by atoms with E-state index in [0.717, 1.165) is 16.8 Å². The zero-order valence-electron chi connectivity index (χ0n) is 12.2. The minimum Gasteiger partial charge on any atom is -0.478 e. The molecule has 7 nitrogen and oxygen atoms in total. The number of carboxylic acids is 1. The van der Waals surface area contributed by atoms with Crippen molar-refractivity contribution in [2.24, 2.45) is 0 Å². The Hall–Kier alpha value is -2.35. The lowest BCUT2D eigenvalue weighted by Gasteiger charge is -2.33. The van der Waals surface area contributed by atoms with Gasteiger partial charge < -0.3 is 5.11 Å². The van der Waals surface area contributed by atoms with Crippen LogP contribution in [-0.2, 0) is 10.0 Å². The van der Waals surface area contributed by atoms with Crippen molar-refractivity contribution >= 4 is 27.7 Å². The number of hydrogen-bond acceptors (Lipinski definition) is 4. The second kappa shape index (κ2) is 5.80. The maximum atomic E-state index is 12.6. The summed E-state index contributed by atoms with van der Waals surface area (Å²) in [7, 11) is -2.62. The summed E-state index contributed by atoms with van der Waals surface area (Å²) >= 11 is 0. The summed E-state index contributed by atoms with van der Waals surface area (Å²) in [4.78, 5) is 24.3. The smallest absolute Gasteiger partial charge is 0.338 e. The lowest BCUT2D eigenvalue weighted by molar-refractivity contribution is 0.0696. The quantitative estimate of drug-likeness (QED) is 0.854. The molecule has 0 atom stereocenters. The highest BCUT2D eigenvalue weighted by Crippen LogP contribution is 2.34. The third-order valence-electron chi connectivity index (χ3n) is 3.31. The number of carbonyl (C=O) groups excluding carboxylic acids is 1. The van der Waals surface area contributed by atoms with E-state index in [9.17, 15) is 18.0 Å². The largest absolute Gasteiger partial charge is 0.478 e. The van der Waals surface area contributed by atoms with Gasteiger partial charge in [-0.3, -0.25) is 4.90 Å². The molecular weight excluding hydrogens is 308 g/mol. The van der Waals surface area contributed by atoms with E-state index in [1.807, 2.05) is 6.92 Å². The summed E-state index contributed by atoms with van der Waals surface area (Å²) in [5.74, 6) is -1.23. The van der Waals surface area contributed by atoms with Crippen molar-refractivity contribution in [2.45, 2.75) is 18.2 Å². The lowest BCUT2D eigenvalue weighted by atomic mass is 10.2. The van der Waals surface area contributed by atoms with Crippen LogP contribution in [0.4, 0.5) is 10.5 Å². The van der Waals surface area contributed by atoms with Crippen molar-refractivity contribution in [3.63, 3.8) is 0 Å². The first kappa shape index (κ1) is 16.0. The predicted molar refractivity (Wildman–Crippen MR) is 80.5 cm³/mol. The van der Waals surface area contributed by atoms with Crippen molar-refractivity contribution in [3.8, 4) is 0 Å². The Balaban J connectivity index is 2.57. The number of nitrogens with zero attached hydrogens (tertiary/aromatic N) is 2. The van der Waals surface area contributed by atoms with Crippen LogP contribution in [0.5, 0.6) is 0 Å². The Bertz CT molecular complexity index is 754. The molecule has 1 N–H and O–H groups in total. The van der Waals surface area contributed by atoms with Crippen LogP contribution in [0.15, 0.2) is 35.2 Å². The number of urea groups is 1. The first-order valence-corrected chi connectivity index (χ1v) is 8.07. The van der Waals surface area contributed by atoms with E-state index in [1.165, 1.54) is 24.1 Å². The van der Waals surface area contributed by atoms with Gasteiger partial charge in [0.2, 0.25) is 0 Å². The van der Waals surface area contributed by atoms with Gasteiger partial charge in [-0.25, -0.2) is 22.3 Å². The monoisotopic (exact) mass is 324 g/mol. The fourth-order valence-electron chi connectivity index (χ4n) is 2.14. The molecule has 0 unspecified atom stereocenters. The highest BCUT2D eigenvalue weighted by molar-refractivity contribution is 7.90. The standard InChI is InChI=1S/C14H16N2O5S/c1-3-4-5-8-16-14(19)15(2)11-7-6-10(13(17)18)9-12(11)22(16,20)21/h4-7,9H,3,8H2,1-2H3,(H,17,18). The second-order valence-corrected chi connectivity index (χ2v) is 6.58. The SMILES string of the molecule is CCC=CCN1C(=O)N(C)c2ccc(C(=O)O)cc2S1(=O)=O. The average Bonchev–Trinajstić information content (AvgIpc) is 2.48. The summed E-state index contributed by atoms with van der Waals surface area (Å²) in [5.41, 5.74) is 0.0276. The molecule has 0 saturated heterocycles. The maximum Gasteiger partial charge on any atom is 0.338 e. The normalized spacial score (nSPS) is 16.9.